The molecule has 0 bridgehead atoms. The number of nitrogens with one attached hydrogen (secondary N) is 1. The van der Waals surface area contributed by atoms with Crippen LogP contribution in [0.3, 0.4) is 0 Å². The van der Waals surface area contributed by atoms with Gasteiger partial charge in [0.2, 0.25) is 5.78 Å². The average molecular weight is 375 g/mol. The number of hydrogen-bond acceptors (Lipinski definition) is 6. The van der Waals surface area contributed by atoms with Crippen LogP contribution in [0.5, 0.6) is 17.2 Å². The lowest BCUT2D eigenvalue weighted by Gasteiger charge is -2.20. The van der Waals surface area contributed by atoms with Gasteiger partial charge < -0.3 is 20.6 Å². The Morgan fingerprint density at radius 2 is 1.46 bits per heavy atom. The van der Waals surface area contributed by atoms with Gasteiger partial charge in [0.15, 0.2) is 5.78 Å². The molecule has 7 nitrogen and oxygen atoms in total. The summed E-state index contributed by atoms with van der Waals surface area (Å²) < 4.78 is 0. The molecule has 1 amide bonds. The Hall–Kier alpha value is -4.13. The topological polar surface area (TPSA) is 124 Å². The number of fused-ring (bicyclic) bond motifs is 2. The average Bonchev–Trinajstić information content (AvgIpc) is 2.65. The third-order valence-electron chi connectivity index (χ3n) is 4.47. The smallest absolute Gasteiger partial charge is 0.255 e. The standard InChI is InChI=1S/C21H13NO6/c23-12-4-1-3-11(9-12)22-21(28)10-7-14-18(16(25)8-10)20(27)17-13(19(14)26)5-2-6-15(17)24/h1-9,23-25H,(H,22,28). The molecule has 0 atom stereocenters. The van der Waals surface area contributed by atoms with E-state index in [1.165, 1.54) is 36.4 Å². The number of hydrogen-bond donors (Lipinski definition) is 4. The zero-order valence-electron chi connectivity index (χ0n) is 14.3. The minimum Gasteiger partial charge on any atom is -0.508 e. The van der Waals surface area contributed by atoms with Gasteiger partial charge in [-0.2, -0.15) is 0 Å². The van der Waals surface area contributed by atoms with Gasteiger partial charge in [0.25, 0.3) is 5.91 Å². The number of aromatic hydroxyl groups is 3. The Morgan fingerprint density at radius 1 is 0.750 bits per heavy atom. The van der Waals surface area contributed by atoms with Crippen LogP contribution in [-0.2, 0) is 0 Å². The highest BCUT2D eigenvalue weighted by Crippen LogP contribution is 2.37. The molecule has 3 aromatic carbocycles. The van der Waals surface area contributed by atoms with Crippen LogP contribution < -0.4 is 5.32 Å². The van der Waals surface area contributed by atoms with Crippen molar-refractivity contribution in [3.8, 4) is 17.2 Å². The van der Waals surface area contributed by atoms with E-state index in [1.807, 2.05) is 0 Å². The molecule has 3 aromatic rings. The molecule has 0 heterocycles. The largest absolute Gasteiger partial charge is 0.508 e. The van der Waals surface area contributed by atoms with E-state index < -0.39 is 23.2 Å². The van der Waals surface area contributed by atoms with E-state index >= 15 is 0 Å². The summed E-state index contributed by atoms with van der Waals surface area (Å²) in [6, 6.07) is 12.3. The van der Waals surface area contributed by atoms with Gasteiger partial charge in [-0.3, -0.25) is 14.4 Å². The van der Waals surface area contributed by atoms with Crippen molar-refractivity contribution in [1.82, 2.24) is 0 Å². The van der Waals surface area contributed by atoms with Crippen LogP contribution in [0.2, 0.25) is 0 Å². The van der Waals surface area contributed by atoms with Crippen LogP contribution in [0.1, 0.15) is 42.2 Å². The highest BCUT2D eigenvalue weighted by Gasteiger charge is 2.35. The minimum atomic E-state index is -0.694. The van der Waals surface area contributed by atoms with Gasteiger partial charge in [-0.05, 0) is 30.3 Å². The summed E-state index contributed by atoms with van der Waals surface area (Å²) in [4.78, 5) is 38.0. The van der Waals surface area contributed by atoms with E-state index in [0.29, 0.717) is 5.69 Å². The van der Waals surface area contributed by atoms with E-state index in [4.69, 9.17) is 0 Å². The van der Waals surface area contributed by atoms with Crippen molar-refractivity contribution in [1.29, 1.82) is 0 Å². The van der Waals surface area contributed by atoms with E-state index in [1.54, 1.807) is 12.1 Å². The molecule has 0 unspecified atom stereocenters. The van der Waals surface area contributed by atoms with Gasteiger partial charge in [0.1, 0.15) is 17.2 Å². The van der Waals surface area contributed by atoms with Gasteiger partial charge in [-0.25, -0.2) is 0 Å². The number of benzene rings is 3. The fourth-order valence-electron chi connectivity index (χ4n) is 3.20. The number of carbonyl (C=O) groups excluding carboxylic acids is 3. The van der Waals surface area contributed by atoms with Crippen molar-refractivity contribution in [2.24, 2.45) is 0 Å². The summed E-state index contributed by atoms with van der Waals surface area (Å²) in [5.41, 5.74) is -0.268. The molecule has 0 saturated carbocycles. The van der Waals surface area contributed by atoms with Crippen molar-refractivity contribution in [3.63, 3.8) is 0 Å². The first kappa shape index (κ1) is 17.3. The molecular formula is C21H13NO6. The Balaban J connectivity index is 1.78. The van der Waals surface area contributed by atoms with Gasteiger partial charge >= 0.3 is 0 Å². The summed E-state index contributed by atoms with van der Waals surface area (Å²) in [5, 5.41) is 32.3. The monoisotopic (exact) mass is 375 g/mol. The van der Waals surface area contributed by atoms with E-state index in [-0.39, 0.29) is 39.3 Å². The van der Waals surface area contributed by atoms with Crippen LogP contribution >= 0.6 is 0 Å². The first-order valence-electron chi connectivity index (χ1n) is 8.25. The summed E-state index contributed by atoms with van der Waals surface area (Å²) in [6.45, 7) is 0. The molecule has 0 aliphatic heterocycles. The van der Waals surface area contributed by atoms with Gasteiger partial charge in [0, 0.05) is 28.4 Å². The highest BCUT2D eigenvalue weighted by molar-refractivity contribution is 6.30. The maximum Gasteiger partial charge on any atom is 0.255 e. The number of carbonyl (C=O) groups is 3. The zero-order valence-corrected chi connectivity index (χ0v) is 14.3. The highest BCUT2D eigenvalue weighted by atomic mass is 16.3. The molecule has 28 heavy (non-hydrogen) atoms. The summed E-state index contributed by atoms with van der Waals surface area (Å²) in [6.07, 6.45) is 0. The number of rotatable bonds is 2. The van der Waals surface area contributed by atoms with Crippen LogP contribution in [0.25, 0.3) is 0 Å². The predicted octanol–water partition coefficient (Wildman–Crippen LogP) is 2.83. The normalized spacial score (nSPS) is 12.3. The summed E-state index contributed by atoms with van der Waals surface area (Å²) in [5.74, 6) is -2.84. The minimum absolute atomic E-state index is 0.00226. The lowest BCUT2D eigenvalue weighted by molar-refractivity contribution is 0.0972. The van der Waals surface area contributed by atoms with E-state index in [0.717, 1.165) is 6.07 Å². The predicted molar refractivity (Wildman–Crippen MR) is 99.1 cm³/mol. The second-order valence-electron chi connectivity index (χ2n) is 6.28. The zero-order chi connectivity index (χ0) is 20.0. The molecular weight excluding hydrogens is 362 g/mol. The van der Waals surface area contributed by atoms with E-state index in [2.05, 4.69) is 5.32 Å². The lowest BCUT2D eigenvalue weighted by atomic mass is 9.82. The first-order chi connectivity index (χ1) is 13.4. The Bertz CT molecular complexity index is 1180. The van der Waals surface area contributed by atoms with Crippen LogP contribution in [0.4, 0.5) is 5.69 Å². The molecule has 0 spiro atoms. The van der Waals surface area contributed by atoms with Crippen LogP contribution in [0.15, 0.2) is 54.6 Å². The van der Waals surface area contributed by atoms with Gasteiger partial charge in [0.05, 0.1) is 11.1 Å². The van der Waals surface area contributed by atoms with Crippen molar-refractivity contribution in [2.45, 2.75) is 0 Å². The van der Waals surface area contributed by atoms with Crippen molar-refractivity contribution >= 4 is 23.2 Å². The van der Waals surface area contributed by atoms with E-state index in [9.17, 15) is 29.7 Å². The van der Waals surface area contributed by atoms with Gasteiger partial charge in [-0.15, -0.1) is 0 Å². The number of ketones is 2. The molecule has 0 saturated heterocycles. The lowest BCUT2D eigenvalue weighted by Crippen LogP contribution is -2.22. The van der Waals surface area contributed by atoms with Gasteiger partial charge in [-0.1, -0.05) is 18.2 Å². The van der Waals surface area contributed by atoms with Crippen molar-refractivity contribution < 1.29 is 29.7 Å². The number of phenolic OH excluding ortho intramolecular Hbond substituents is 3. The number of anilines is 1. The molecule has 4 N–H and O–H groups in total. The maximum absolute atomic E-state index is 12.8. The maximum atomic E-state index is 12.8. The van der Waals surface area contributed by atoms with Crippen molar-refractivity contribution in [2.75, 3.05) is 5.32 Å². The first-order valence-corrected chi connectivity index (χ1v) is 8.25. The summed E-state index contributed by atoms with van der Waals surface area (Å²) in [7, 11) is 0. The number of phenols is 3. The Labute approximate surface area is 158 Å². The Morgan fingerprint density at radius 3 is 2.21 bits per heavy atom. The summed E-state index contributed by atoms with van der Waals surface area (Å²) >= 11 is 0. The second-order valence-corrected chi connectivity index (χ2v) is 6.28. The third-order valence-corrected chi connectivity index (χ3v) is 4.47. The molecule has 138 valence electrons. The molecule has 0 fully saturated rings. The quantitative estimate of drug-likeness (QED) is 0.427. The third kappa shape index (κ3) is 2.66. The molecule has 0 aromatic heterocycles. The molecule has 1 aliphatic rings. The number of amides is 1. The second kappa shape index (κ2) is 6.24. The Kier molecular flexibility index (Phi) is 3.85. The SMILES string of the molecule is O=C(Nc1cccc(O)c1)c1cc(O)c2c(c1)C(=O)c1cccc(O)c1C2=O. The van der Waals surface area contributed by atoms with Crippen LogP contribution in [0, 0.1) is 0 Å². The molecule has 0 radical (unpaired) electrons. The van der Waals surface area contributed by atoms with Crippen LogP contribution in [-0.4, -0.2) is 32.8 Å². The molecule has 1 aliphatic carbocycles. The molecule has 4 rings (SSSR count). The fraction of sp³-hybridized carbons (Fsp3) is 0. The molecule has 7 heteroatoms. The fourth-order valence-corrected chi connectivity index (χ4v) is 3.20. The van der Waals surface area contributed by atoms with Crippen molar-refractivity contribution in [3.05, 3.63) is 82.4 Å².